The van der Waals surface area contributed by atoms with Crippen molar-refractivity contribution in [2.24, 2.45) is 0 Å². The van der Waals surface area contributed by atoms with Crippen molar-refractivity contribution in [2.75, 3.05) is 13.1 Å². The molecule has 1 aliphatic rings. The topological polar surface area (TPSA) is 21.1 Å². The minimum Gasteiger partial charge on any atom is -0.325 e. The molecule has 1 aromatic heterocycles. The molecule has 1 aromatic carbocycles. The molecular formula is C15H19ClIN3. The third kappa shape index (κ3) is 2.70. The van der Waals surface area contributed by atoms with Gasteiger partial charge in [-0.1, -0.05) is 6.92 Å². The smallest absolute Gasteiger partial charge is 0.124 e. The van der Waals surface area contributed by atoms with Gasteiger partial charge in [-0.3, -0.25) is 4.90 Å². The molecule has 3 nitrogen and oxygen atoms in total. The first-order chi connectivity index (χ1) is 9.72. The number of nitrogens with zero attached hydrogens (tertiary/aromatic N) is 3. The van der Waals surface area contributed by atoms with Crippen molar-refractivity contribution in [3.05, 3.63) is 27.6 Å². The number of likely N-dealkylation sites (tertiary alicyclic amines) is 1. The van der Waals surface area contributed by atoms with Crippen molar-refractivity contribution in [1.29, 1.82) is 0 Å². The van der Waals surface area contributed by atoms with Gasteiger partial charge in [-0.05, 0) is 66.7 Å². The Morgan fingerprint density at radius 3 is 3.05 bits per heavy atom. The summed E-state index contributed by atoms with van der Waals surface area (Å²) in [5.74, 6) is 1.47. The lowest BCUT2D eigenvalue weighted by molar-refractivity contribution is 0.245. The Bertz CT molecular complexity index is 610. The number of likely N-dealkylation sites (N-methyl/N-ethyl adjacent to an activating group) is 1. The van der Waals surface area contributed by atoms with E-state index in [9.17, 15) is 0 Å². The summed E-state index contributed by atoms with van der Waals surface area (Å²) in [6.07, 6.45) is 2.58. The Labute approximate surface area is 138 Å². The first kappa shape index (κ1) is 14.6. The lowest BCUT2D eigenvalue weighted by atomic mass is 10.2. The van der Waals surface area contributed by atoms with Crippen LogP contribution in [0.15, 0.2) is 18.2 Å². The van der Waals surface area contributed by atoms with Crippen molar-refractivity contribution in [2.45, 2.75) is 38.2 Å². The Hall–Kier alpha value is -0.330. The quantitative estimate of drug-likeness (QED) is 0.571. The molecule has 2 heterocycles. The fraction of sp³-hybridized carbons (Fsp3) is 0.533. The fourth-order valence-corrected chi connectivity index (χ4v) is 3.87. The lowest BCUT2D eigenvalue weighted by Gasteiger charge is -2.24. The number of hydrogen-bond acceptors (Lipinski definition) is 2. The Kier molecular flexibility index (Phi) is 4.52. The minimum atomic E-state index is 0.476. The van der Waals surface area contributed by atoms with Crippen molar-refractivity contribution in [3.8, 4) is 0 Å². The van der Waals surface area contributed by atoms with Crippen LogP contribution in [0.25, 0.3) is 11.0 Å². The molecule has 0 N–H and O–H groups in total. The zero-order valence-corrected chi connectivity index (χ0v) is 14.6. The molecule has 2 aromatic rings. The molecule has 20 heavy (non-hydrogen) atoms. The van der Waals surface area contributed by atoms with E-state index in [1.165, 1.54) is 28.5 Å². The zero-order chi connectivity index (χ0) is 14.1. The highest BCUT2D eigenvalue weighted by Gasteiger charge is 2.24. The van der Waals surface area contributed by atoms with Crippen LogP contribution in [0, 0.1) is 3.57 Å². The highest BCUT2D eigenvalue weighted by molar-refractivity contribution is 14.1. The van der Waals surface area contributed by atoms with E-state index in [1.54, 1.807) is 0 Å². The van der Waals surface area contributed by atoms with E-state index >= 15 is 0 Å². The first-order valence-electron chi connectivity index (χ1n) is 7.17. The second-order valence-corrected chi connectivity index (χ2v) is 6.84. The number of aromatic nitrogens is 2. The molecule has 1 saturated heterocycles. The van der Waals surface area contributed by atoms with E-state index < -0.39 is 0 Å². The van der Waals surface area contributed by atoms with Crippen LogP contribution in [0.5, 0.6) is 0 Å². The van der Waals surface area contributed by atoms with Crippen molar-refractivity contribution < 1.29 is 0 Å². The van der Waals surface area contributed by atoms with Crippen molar-refractivity contribution >= 4 is 45.2 Å². The summed E-state index contributed by atoms with van der Waals surface area (Å²) in [6.45, 7) is 5.61. The number of rotatable bonds is 4. The lowest BCUT2D eigenvalue weighted by Crippen LogP contribution is -2.33. The van der Waals surface area contributed by atoms with Crippen LogP contribution in [-0.2, 0) is 12.4 Å². The number of fused-ring (bicyclic) bond motifs is 1. The predicted molar refractivity (Wildman–Crippen MR) is 92.3 cm³/mol. The summed E-state index contributed by atoms with van der Waals surface area (Å²) in [5.41, 5.74) is 2.28. The summed E-state index contributed by atoms with van der Waals surface area (Å²) < 4.78 is 3.54. The van der Waals surface area contributed by atoms with Gasteiger partial charge in [-0.15, -0.1) is 11.6 Å². The van der Waals surface area contributed by atoms with Gasteiger partial charge in [0.2, 0.25) is 0 Å². The Morgan fingerprint density at radius 2 is 2.30 bits per heavy atom. The van der Waals surface area contributed by atoms with Gasteiger partial charge in [0.1, 0.15) is 5.82 Å². The summed E-state index contributed by atoms with van der Waals surface area (Å²) in [4.78, 5) is 7.26. The molecule has 0 bridgehead atoms. The standard InChI is InChI=1S/C15H19ClIN3/c1-2-19-7-3-4-12(19)10-20-14-6-5-11(17)8-13(14)18-15(20)9-16/h5-6,8,12H,2-4,7,9-10H2,1H3. The molecule has 0 radical (unpaired) electrons. The van der Waals surface area contributed by atoms with Gasteiger partial charge in [0.15, 0.2) is 0 Å². The summed E-state index contributed by atoms with van der Waals surface area (Å²) in [6, 6.07) is 7.07. The number of benzene rings is 1. The van der Waals surface area contributed by atoms with E-state index in [1.807, 2.05) is 0 Å². The van der Waals surface area contributed by atoms with Crippen LogP contribution in [0.2, 0.25) is 0 Å². The van der Waals surface area contributed by atoms with Gasteiger partial charge in [-0.2, -0.15) is 0 Å². The van der Waals surface area contributed by atoms with Crippen LogP contribution < -0.4 is 0 Å². The molecule has 1 atom stereocenters. The van der Waals surface area contributed by atoms with Crippen molar-refractivity contribution in [1.82, 2.24) is 14.5 Å². The average Bonchev–Trinajstić information content (AvgIpc) is 3.03. The molecule has 0 aliphatic carbocycles. The molecule has 3 rings (SSSR count). The summed E-state index contributed by atoms with van der Waals surface area (Å²) in [5, 5.41) is 0. The number of halogens is 2. The van der Waals surface area contributed by atoms with E-state index in [4.69, 9.17) is 16.6 Å². The third-order valence-electron chi connectivity index (χ3n) is 4.21. The van der Waals surface area contributed by atoms with Crippen LogP contribution in [-0.4, -0.2) is 33.6 Å². The van der Waals surface area contributed by atoms with Crippen LogP contribution in [0.3, 0.4) is 0 Å². The highest BCUT2D eigenvalue weighted by Crippen LogP contribution is 2.24. The largest absolute Gasteiger partial charge is 0.325 e. The van der Waals surface area contributed by atoms with E-state index in [2.05, 4.69) is 57.2 Å². The van der Waals surface area contributed by atoms with Crippen LogP contribution >= 0.6 is 34.2 Å². The molecule has 108 valence electrons. The van der Waals surface area contributed by atoms with Gasteiger partial charge in [0.25, 0.3) is 0 Å². The molecule has 0 saturated carbocycles. The second kappa shape index (κ2) is 6.20. The van der Waals surface area contributed by atoms with E-state index in [-0.39, 0.29) is 0 Å². The monoisotopic (exact) mass is 403 g/mol. The SMILES string of the molecule is CCN1CCCC1Cn1c(CCl)nc2cc(I)ccc21. The third-order valence-corrected chi connectivity index (χ3v) is 5.12. The molecule has 1 unspecified atom stereocenters. The summed E-state index contributed by atoms with van der Waals surface area (Å²) >= 11 is 8.43. The Morgan fingerprint density at radius 1 is 1.45 bits per heavy atom. The average molecular weight is 404 g/mol. The molecule has 0 amide bonds. The first-order valence-corrected chi connectivity index (χ1v) is 8.79. The van der Waals surface area contributed by atoms with Gasteiger partial charge >= 0.3 is 0 Å². The molecule has 5 heteroatoms. The van der Waals surface area contributed by atoms with Gasteiger partial charge in [0, 0.05) is 16.2 Å². The number of alkyl halides is 1. The van der Waals surface area contributed by atoms with E-state index in [0.29, 0.717) is 11.9 Å². The number of hydrogen-bond donors (Lipinski definition) is 0. The highest BCUT2D eigenvalue weighted by atomic mass is 127. The zero-order valence-electron chi connectivity index (χ0n) is 11.6. The van der Waals surface area contributed by atoms with Crippen LogP contribution in [0.1, 0.15) is 25.6 Å². The fourth-order valence-electron chi connectivity index (χ4n) is 3.19. The maximum atomic E-state index is 6.10. The van der Waals surface area contributed by atoms with Crippen LogP contribution in [0.4, 0.5) is 0 Å². The molecule has 1 fully saturated rings. The predicted octanol–water partition coefficient (Wildman–Crippen LogP) is 3.86. The minimum absolute atomic E-state index is 0.476. The van der Waals surface area contributed by atoms with Gasteiger partial charge in [-0.25, -0.2) is 4.98 Å². The molecule has 1 aliphatic heterocycles. The van der Waals surface area contributed by atoms with E-state index in [0.717, 1.165) is 24.4 Å². The van der Waals surface area contributed by atoms with Gasteiger partial charge < -0.3 is 4.57 Å². The maximum absolute atomic E-state index is 6.10. The second-order valence-electron chi connectivity index (χ2n) is 5.33. The molecule has 0 spiro atoms. The normalized spacial score (nSPS) is 20.1. The van der Waals surface area contributed by atoms with Gasteiger partial charge in [0.05, 0.1) is 16.9 Å². The van der Waals surface area contributed by atoms with Crippen molar-refractivity contribution in [3.63, 3.8) is 0 Å². The molecular weight excluding hydrogens is 385 g/mol. The maximum Gasteiger partial charge on any atom is 0.124 e. The number of imidazole rings is 1. The Balaban J connectivity index is 1.97. The summed E-state index contributed by atoms with van der Waals surface area (Å²) in [7, 11) is 0.